The summed E-state index contributed by atoms with van der Waals surface area (Å²) in [5.74, 6) is 0.337. The maximum Gasteiger partial charge on any atom is 0.255 e. The van der Waals surface area contributed by atoms with Crippen molar-refractivity contribution in [2.45, 2.75) is 32.6 Å². The van der Waals surface area contributed by atoms with Gasteiger partial charge >= 0.3 is 0 Å². The van der Waals surface area contributed by atoms with Gasteiger partial charge in [-0.3, -0.25) is 9.78 Å². The molecule has 5 nitrogen and oxygen atoms in total. The third-order valence-corrected chi connectivity index (χ3v) is 5.20. The monoisotopic (exact) mass is 346 g/mol. The van der Waals surface area contributed by atoms with Gasteiger partial charge in [-0.05, 0) is 44.4 Å². The molecule has 1 fully saturated rings. The Morgan fingerprint density at radius 2 is 2.12 bits per heavy atom. The zero-order chi connectivity index (χ0) is 18.1. The summed E-state index contributed by atoms with van der Waals surface area (Å²) >= 11 is 0. The van der Waals surface area contributed by atoms with Gasteiger partial charge < -0.3 is 4.90 Å². The highest BCUT2D eigenvalue weighted by Crippen LogP contribution is 2.27. The van der Waals surface area contributed by atoms with Gasteiger partial charge in [-0.1, -0.05) is 18.2 Å². The van der Waals surface area contributed by atoms with Crippen LogP contribution in [-0.4, -0.2) is 38.8 Å². The second-order valence-corrected chi connectivity index (χ2v) is 6.99. The summed E-state index contributed by atoms with van der Waals surface area (Å²) in [4.78, 5) is 28.2. The SMILES string of the molecule is Cc1nc2c(C)cccc2cc1C(=O)N1CCC[C@H](c2ccncn2)C1. The van der Waals surface area contributed by atoms with E-state index in [4.69, 9.17) is 4.98 Å². The van der Waals surface area contributed by atoms with Gasteiger partial charge in [-0.25, -0.2) is 9.97 Å². The van der Waals surface area contributed by atoms with Crippen LogP contribution in [0.1, 0.15) is 46.1 Å². The number of pyridine rings is 1. The molecule has 26 heavy (non-hydrogen) atoms. The zero-order valence-corrected chi connectivity index (χ0v) is 15.1. The summed E-state index contributed by atoms with van der Waals surface area (Å²) < 4.78 is 0. The number of aryl methyl sites for hydroxylation is 2. The number of piperidine rings is 1. The number of hydrogen-bond donors (Lipinski definition) is 0. The van der Waals surface area contributed by atoms with Gasteiger partial charge in [0.05, 0.1) is 16.8 Å². The first-order valence-electron chi connectivity index (χ1n) is 9.05. The number of fused-ring (bicyclic) bond motifs is 1. The predicted octanol–water partition coefficient (Wildman–Crippen LogP) is 3.66. The van der Waals surface area contributed by atoms with Crippen molar-refractivity contribution in [1.29, 1.82) is 0 Å². The second-order valence-electron chi connectivity index (χ2n) is 6.99. The number of rotatable bonds is 2. The molecule has 1 saturated heterocycles. The molecule has 2 aromatic heterocycles. The van der Waals surface area contributed by atoms with E-state index in [-0.39, 0.29) is 11.8 Å². The average Bonchev–Trinajstić information content (AvgIpc) is 2.68. The number of likely N-dealkylation sites (tertiary alicyclic amines) is 1. The van der Waals surface area contributed by atoms with Gasteiger partial charge in [-0.15, -0.1) is 0 Å². The fraction of sp³-hybridized carbons (Fsp3) is 0.333. The topological polar surface area (TPSA) is 59.0 Å². The van der Waals surface area contributed by atoms with Crippen molar-refractivity contribution in [3.63, 3.8) is 0 Å². The summed E-state index contributed by atoms with van der Waals surface area (Å²) in [5, 5.41) is 1.02. The Morgan fingerprint density at radius 3 is 2.92 bits per heavy atom. The van der Waals surface area contributed by atoms with E-state index in [1.807, 2.05) is 49.1 Å². The number of benzene rings is 1. The summed E-state index contributed by atoms with van der Waals surface area (Å²) in [7, 11) is 0. The van der Waals surface area contributed by atoms with Crippen LogP contribution in [0, 0.1) is 13.8 Å². The number of para-hydroxylation sites is 1. The highest BCUT2D eigenvalue weighted by atomic mass is 16.2. The van der Waals surface area contributed by atoms with Crippen LogP contribution in [-0.2, 0) is 0 Å². The third-order valence-electron chi connectivity index (χ3n) is 5.20. The lowest BCUT2D eigenvalue weighted by atomic mass is 9.94. The highest BCUT2D eigenvalue weighted by Gasteiger charge is 2.27. The Balaban J connectivity index is 1.63. The zero-order valence-electron chi connectivity index (χ0n) is 15.1. The maximum absolute atomic E-state index is 13.2. The van der Waals surface area contributed by atoms with Crippen LogP contribution in [0.15, 0.2) is 42.9 Å². The van der Waals surface area contributed by atoms with Crippen molar-refractivity contribution in [3.8, 4) is 0 Å². The van der Waals surface area contributed by atoms with E-state index in [1.54, 1.807) is 12.5 Å². The Morgan fingerprint density at radius 1 is 1.23 bits per heavy atom. The second kappa shape index (κ2) is 6.83. The molecular weight excluding hydrogens is 324 g/mol. The number of amides is 1. The lowest BCUT2D eigenvalue weighted by molar-refractivity contribution is 0.0705. The molecule has 1 aliphatic rings. The standard InChI is InChI=1S/C21H22N4O/c1-14-5-3-6-16-11-18(15(2)24-20(14)16)21(26)25-10-4-7-17(12-25)19-8-9-22-13-23-19/h3,5-6,8-9,11,13,17H,4,7,10,12H2,1-2H3/t17-/m0/s1. The predicted molar refractivity (Wildman–Crippen MR) is 101 cm³/mol. The summed E-state index contributed by atoms with van der Waals surface area (Å²) in [5.41, 5.74) is 4.61. The number of nitrogens with zero attached hydrogens (tertiary/aromatic N) is 4. The molecule has 3 heterocycles. The van der Waals surface area contributed by atoms with Gasteiger partial charge in [-0.2, -0.15) is 0 Å². The number of hydrogen-bond acceptors (Lipinski definition) is 4. The van der Waals surface area contributed by atoms with Crippen LogP contribution in [0.3, 0.4) is 0 Å². The molecule has 0 bridgehead atoms. The van der Waals surface area contributed by atoms with Crippen molar-refractivity contribution in [1.82, 2.24) is 19.9 Å². The Labute approximate surface area is 153 Å². The molecule has 0 saturated carbocycles. The van der Waals surface area contributed by atoms with Crippen LogP contribution in [0.4, 0.5) is 0 Å². The van der Waals surface area contributed by atoms with Gasteiger partial charge in [0.2, 0.25) is 0 Å². The molecule has 1 aliphatic heterocycles. The molecule has 1 amide bonds. The van der Waals surface area contributed by atoms with Crippen LogP contribution in [0.2, 0.25) is 0 Å². The van der Waals surface area contributed by atoms with Crippen LogP contribution in [0.5, 0.6) is 0 Å². The smallest absolute Gasteiger partial charge is 0.255 e. The minimum Gasteiger partial charge on any atom is -0.338 e. The average molecular weight is 346 g/mol. The van der Waals surface area contributed by atoms with E-state index < -0.39 is 0 Å². The summed E-state index contributed by atoms with van der Waals surface area (Å²) in [6.45, 7) is 5.45. The van der Waals surface area contributed by atoms with E-state index in [9.17, 15) is 4.79 Å². The number of aromatic nitrogens is 3. The molecule has 4 rings (SSSR count). The van der Waals surface area contributed by atoms with Crippen LogP contribution < -0.4 is 0 Å². The fourth-order valence-corrected chi connectivity index (χ4v) is 3.77. The minimum absolute atomic E-state index is 0.0668. The first-order chi connectivity index (χ1) is 12.6. The van der Waals surface area contributed by atoms with Crippen molar-refractivity contribution in [2.75, 3.05) is 13.1 Å². The third kappa shape index (κ3) is 3.05. The van der Waals surface area contributed by atoms with Crippen molar-refractivity contribution in [3.05, 3.63) is 65.4 Å². The molecular formula is C21H22N4O. The van der Waals surface area contributed by atoms with E-state index in [0.717, 1.165) is 47.2 Å². The lowest BCUT2D eigenvalue weighted by Crippen LogP contribution is -2.39. The Kier molecular flexibility index (Phi) is 4.37. The molecule has 1 aromatic carbocycles. The number of carbonyl (C=O) groups excluding carboxylic acids is 1. The molecule has 0 unspecified atom stereocenters. The maximum atomic E-state index is 13.2. The van der Waals surface area contributed by atoms with Crippen molar-refractivity contribution < 1.29 is 4.79 Å². The largest absolute Gasteiger partial charge is 0.338 e. The van der Waals surface area contributed by atoms with Gasteiger partial charge in [0, 0.05) is 36.3 Å². The van der Waals surface area contributed by atoms with Crippen molar-refractivity contribution >= 4 is 16.8 Å². The van der Waals surface area contributed by atoms with E-state index in [0.29, 0.717) is 12.1 Å². The molecule has 132 valence electrons. The van der Waals surface area contributed by atoms with E-state index >= 15 is 0 Å². The highest BCUT2D eigenvalue weighted by molar-refractivity contribution is 5.99. The first-order valence-corrected chi connectivity index (χ1v) is 9.05. The Bertz CT molecular complexity index is 955. The molecule has 0 aliphatic carbocycles. The molecule has 0 N–H and O–H groups in total. The van der Waals surface area contributed by atoms with Gasteiger partial charge in [0.15, 0.2) is 0 Å². The lowest BCUT2D eigenvalue weighted by Gasteiger charge is -2.32. The quantitative estimate of drug-likeness (QED) is 0.710. The van der Waals surface area contributed by atoms with E-state index in [2.05, 4.69) is 9.97 Å². The molecule has 0 spiro atoms. The summed E-state index contributed by atoms with van der Waals surface area (Å²) in [6.07, 6.45) is 5.38. The van der Waals surface area contributed by atoms with Crippen LogP contribution >= 0.6 is 0 Å². The van der Waals surface area contributed by atoms with Gasteiger partial charge in [0.1, 0.15) is 6.33 Å². The van der Waals surface area contributed by atoms with Crippen molar-refractivity contribution in [2.24, 2.45) is 0 Å². The minimum atomic E-state index is 0.0668. The van der Waals surface area contributed by atoms with Gasteiger partial charge in [0.25, 0.3) is 5.91 Å². The molecule has 3 aromatic rings. The fourth-order valence-electron chi connectivity index (χ4n) is 3.77. The summed E-state index contributed by atoms with van der Waals surface area (Å²) in [6, 6.07) is 10.0. The normalized spacial score (nSPS) is 17.5. The molecule has 1 atom stereocenters. The number of carbonyl (C=O) groups is 1. The Hall–Kier alpha value is -2.82. The molecule has 5 heteroatoms. The molecule has 0 radical (unpaired) electrons. The van der Waals surface area contributed by atoms with Crippen LogP contribution in [0.25, 0.3) is 10.9 Å². The van der Waals surface area contributed by atoms with E-state index in [1.165, 1.54) is 0 Å². The first kappa shape index (κ1) is 16.6.